The van der Waals surface area contributed by atoms with Gasteiger partial charge in [-0.2, -0.15) is 4.98 Å². The summed E-state index contributed by atoms with van der Waals surface area (Å²) in [5.41, 5.74) is 2.01. The number of anilines is 2. The highest BCUT2D eigenvalue weighted by molar-refractivity contribution is 6.30. The van der Waals surface area contributed by atoms with Crippen LogP contribution >= 0.6 is 11.6 Å². The van der Waals surface area contributed by atoms with E-state index in [-0.39, 0.29) is 16.9 Å². The van der Waals surface area contributed by atoms with Crippen molar-refractivity contribution < 1.29 is 13.9 Å². The van der Waals surface area contributed by atoms with Gasteiger partial charge in [-0.25, -0.2) is 4.39 Å². The smallest absolute Gasteiger partial charge is 0.316 e. The number of rotatable bonds is 7. The highest BCUT2D eigenvalue weighted by Crippen LogP contribution is 2.30. The van der Waals surface area contributed by atoms with Gasteiger partial charge in [0.2, 0.25) is 11.7 Å². The van der Waals surface area contributed by atoms with Gasteiger partial charge in [0, 0.05) is 11.8 Å². The number of halogens is 2. The van der Waals surface area contributed by atoms with Crippen LogP contribution in [-0.2, 0) is 6.54 Å². The molecule has 1 N–H and O–H groups in total. The van der Waals surface area contributed by atoms with Gasteiger partial charge >= 0.3 is 5.56 Å². The summed E-state index contributed by atoms with van der Waals surface area (Å²) in [7, 11) is 1.41. The topological polar surface area (TPSA) is 65.4 Å². The normalized spacial score (nSPS) is 13.2. The number of ether oxygens (including phenoxy) is 2. The molecular formula is C22H21ClFN3O3. The van der Waals surface area contributed by atoms with Crippen LogP contribution in [0.5, 0.6) is 11.5 Å². The molecule has 1 heterocycles. The number of methoxy groups -OCH3 is 1. The lowest BCUT2D eigenvalue weighted by molar-refractivity contribution is 0.303. The first kappa shape index (κ1) is 20.2. The fourth-order valence-corrected chi connectivity index (χ4v) is 3.18. The maximum absolute atomic E-state index is 13.5. The summed E-state index contributed by atoms with van der Waals surface area (Å²) in [4.78, 5) is 16.4. The van der Waals surface area contributed by atoms with Crippen LogP contribution in [0.2, 0.25) is 5.02 Å². The molecule has 0 bridgehead atoms. The van der Waals surface area contributed by atoms with Crippen LogP contribution in [0.3, 0.4) is 0 Å². The van der Waals surface area contributed by atoms with Gasteiger partial charge < -0.3 is 19.4 Å². The molecule has 0 unspecified atom stereocenters. The van der Waals surface area contributed by atoms with Crippen molar-refractivity contribution in [2.45, 2.75) is 32.4 Å². The lowest BCUT2D eigenvalue weighted by atomic mass is 10.2. The van der Waals surface area contributed by atoms with E-state index >= 15 is 0 Å². The van der Waals surface area contributed by atoms with Crippen molar-refractivity contribution in [2.75, 3.05) is 12.4 Å². The number of aryl methyl sites for hydroxylation is 1. The van der Waals surface area contributed by atoms with Gasteiger partial charge in [-0.1, -0.05) is 23.7 Å². The summed E-state index contributed by atoms with van der Waals surface area (Å²) in [5.74, 6) is 0.708. The predicted molar refractivity (Wildman–Crippen MR) is 114 cm³/mol. The third-order valence-electron chi connectivity index (χ3n) is 4.80. The van der Waals surface area contributed by atoms with Crippen LogP contribution in [0.4, 0.5) is 16.0 Å². The Bertz CT molecular complexity index is 1140. The summed E-state index contributed by atoms with van der Waals surface area (Å²) in [5, 5.41) is 3.25. The molecule has 0 atom stereocenters. The Morgan fingerprint density at radius 3 is 2.77 bits per heavy atom. The van der Waals surface area contributed by atoms with Crippen LogP contribution in [0.25, 0.3) is 0 Å². The van der Waals surface area contributed by atoms with Crippen molar-refractivity contribution in [3.8, 4) is 11.5 Å². The Hall–Kier alpha value is -3.06. The number of nitrogens with one attached hydrogen (secondary N) is 1. The molecule has 0 aliphatic heterocycles. The van der Waals surface area contributed by atoms with Crippen molar-refractivity contribution in [3.05, 3.63) is 74.9 Å². The second-order valence-electron chi connectivity index (χ2n) is 7.23. The van der Waals surface area contributed by atoms with E-state index in [1.54, 1.807) is 22.9 Å². The van der Waals surface area contributed by atoms with E-state index in [1.165, 1.54) is 13.2 Å². The molecule has 3 aromatic rings. The molecular weight excluding hydrogens is 409 g/mol. The third-order valence-corrected chi connectivity index (χ3v) is 5.09. The SMILES string of the molecule is COc1cn(Cc2ccc(F)c(Cl)c2)c(Nc2cc(OC3CC3)ccc2C)nc1=O. The molecule has 0 radical (unpaired) electrons. The van der Waals surface area contributed by atoms with Crippen LogP contribution in [0.15, 0.2) is 47.4 Å². The zero-order chi connectivity index (χ0) is 21.3. The number of hydrogen-bond donors (Lipinski definition) is 1. The second-order valence-corrected chi connectivity index (χ2v) is 7.64. The molecule has 1 fully saturated rings. The first-order valence-electron chi connectivity index (χ1n) is 9.56. The van der Waals surface area contributed by atoms with Crippen molar-refractivity contribution >= 4 is 23.2 Å². The summed E-state index contributed by atoms with van der Waals surface area (Å²) in [6, 6.07) is 10.2. The molecule has 156 valence electrons. The van der Waals surface area contributed by atoms with Crippen LogP contribution in [0.1, 0.15) is 24.0 Å². The van der Waals surface area contributed by atoms with Crippen molar-refractivity contribution in [1.82, 2.24) is 9.55 Å². The molecule has 6 nitrogen and oxygen atoms in total. The first-order chi connectivity index (χ1) is 14.4. The third kappa shape index (κ3) is 4.57. The Balaban J connectivity index is 1.69. The van der Waals surface area contributed by atoms with Gasteiger partial charge in [0.15, 0.2) is 0 Å². The standard InChI is InChI=1S/C22H21ClFN3O3/c1-13-3-5-16(30-15-6-7-15)10-19(13)25-22-26-21(28)20(29-2)12-27(22)11-14-4-8-18(24)17(23)9-14/h3-5,8-10,12,15H,6-7,11H2,1-2H3,(H,25,26,28). The molecule has 1 saturated carbocycles. The first-order valence-corrected chi connectivity index (χ1v) is 9.94. The Morgan fingerprint density at radius 1 is 1.27 bits per heavy atom. The average Bonchev–Trinajstić information content (AvgIpc) is 3.53. The quantitative estimate of drug-likeness (QED) is 0.590. The van der Waals surface area contributed by atoms with E-state index in [4.69, 9.17) is 21.1 Å². The lowest BCUT2D eigenvalue weighted by Gasteiger charge is -2.17. The molecule has 30 heavy (non-hydrogen) atoms. The number of aromatic nitrogens is 2. The van der Waals surface area contributed by atoms with E-state index in [1.807, 2.05) is 25.1 Å². The maximum Gasteiger partial charge on any atom is 0.316 e. The van der Waals surface area contributed by atoms with E-state index in [0.717, 1.165) is 35.4 Å². The van der Waals surface area contributed by atoms with Gasteiger partial charge in [0.05, 0.1) is 31.0 Å². The Morgan fingerprint density at radius 2 is 2.07 bits per heavy atom. The molecule has 1 aromatic heterocycles. The minimum absolute atomic E-state index is 0.0312. The van der Waals surface area contributed by atoms with Crippen molar-refractivity contribution in [3.63, 3.8) is 0 Å². The maximum atomic E-state index is 13.5. The van der Waals surface area contributed by atoms with Crippen molar-refractivity contribution in [2.24, 2.45) is 0 Å². The molecule has 1 aliphatic rings. The number of nitrogens with zero attached hydrogens (tertiary/aromatic N) is 2. The zero-order valence-corrected chi connectivity index (χ0v) is 17.4. The number of benzene rings is 2. The molecule has 2 aromatic carbocycles. The molecule has 8 heteroatoms. The van der Waals surface area contributed by atoms with Gasteiger partial charge in [-0.05, 0) is 49.1 Å². The molecule has 1 aliphatic carbocycles. The van der Waals surface area contributed by atoms with Crippen molar-refractivity contribution in [1.29, 1.82) is 0 Å². The van der Waals surface area contributed by atoms with Gasteiger partial charge in [-0.15, -0.1) is 0 Å². The minimum atomic E-state index is -0.489. The summed E-state index contributed by atoms with van der Waals surface area (Å²) >= 11 is 5.91. The predicted octanol–water partition coefficient (Wildman–Crippen LogP) is 4.69. The van der Waals surface area contributed by atoms with Gasteiger partial charge in [0.25, 0.3) is 0 Å². The summed E-state index contributed by atoms with van der Waals surface area (Å²) < 4.78 is 26.2. The summed E-state index contributed by atoms with van der Waals surface area (Å²) in [6.45, 7) is 2.26. The van der Waals surface area contributed by atoms with Crippen LogP contribution in [0, 0.1) is 12.7 Å². The molecule has 0 spiro atoms. The molecule has 0 saturated heterocycles. The Labute approximate surface area is 178 Å². The fourth-order valence-electron chi connectivity index (χ4n) is 2.98. The van der Waals surface area contributed by atoms with E-state index in [2.05, 4.69) is 10.3 Å². The van der Waals surface area contributed by atoms with E-state index in [9.17, 15) is 9.18 Å². The van der Waals surface area contributed by atoms with Crippen LogP contribution < -0.4 is 20.3 Å². The van der Waals surface area contributed by atoms with Gasteiger partial charge in [0.1, 0.15) is 11.6 Å². The van der Waals surface area contributed by atoms with Crippen LogP contribution in [-0.4, -0.2) is 22.8 Å². The lowest BCUT2D eigenvalue weighted by Crippen LogP contribution is -2.19. The minimum Gasteiger partial charge on any atom is -0.490 e. The number of hydrogen-bond acceptors (Lipinski definition) is 5. The summed E-state index contributed by atoms with van der Waals surface area (Å²) in [6.07, 6.45) is 3.97. The average molecular weight is 430 g/mol. The zero-order valence-electron chi connectivity index (χ0n) is 16.6. The monoisotopic (exact) mass is 429 g/mol. The van der Waals surface area contributed by atoms with E-state index in [0.29, 0.717) is 12.5 Å². The second kappa shape index (κ2) is 8.36. The molecule has 0 amide bonds. The fraction of sp³-hybridized carbons (Fsp3) is 0.273. The largest absolute Gasteiger partial charge is 0.490 e. The highest BCUT2D eigenvalue weighted by Gasteiger charge is 2.23. The Kier molecular flexibility index (Phi) is 5.63. The van der Waals surface area contributed by atoms with E-state index < -0.39 is 11.4 Å². The molecule has 4 rings (SSSR count). The van der Waals surface area contributed by atoms with Gasteiger partial charge in [-0.3, -0.25) is 4.79 Å². The highest BCUT2D eigenvalue weighted by atomic mass is 35.5.